The number of benzene rings is 2. The maximum Gasteiger partial charge on any atom is 0.151 e. The fourth-order valence-corrected chi connectivity index (χ4v) is 5.01. The Bertz CT molecular complexity index is 1200. The normalized spacial score (nSPS) is 14.5. The zero-order valence-electron chi connectivity index (χ0n) is 17.0. The van der Waals surface area contributed by atoms with Crippen LogP contribution in [0.5, 0.6) is 0 Å². The monoisotopic (exact) mass is 435 g/mol. The van der Waals surface area contributed by atoms with Crippen LogP contribution in [0.1, 0.15) is 11.1 Å². The van der Waals surface area contributed by atoms with Gasteiger partial charge in [0.25, 0.3) is 0 Å². The summed E-state index contributed by atoms with van der Waals surface area (Å²) < 4.78 is 5.74. The summed E-state index contributed by atoms with van der Waals surface area (Å²) in [6.45, 7) is 8.17. The predicted octanol–water partition coefficient (Wildman–Crippen LogP) is 5.35. The van der Waals surface area contributed by atoms with Gasteiger partial charge >= 0.3 is 0 Å². The van der Waals surface area contributed by atoms with Gasteiger partial charge in [-0.05, 0) is 54.7 Å². The zero-order chi connectivity index (χ0) is 20.7. The van der Waals surface area contributed by atoms with Gasteiger partial charge in [0.1, 0.15) is 22.2 Å². The van der Waals surface area contributed by atoms with Crippen molar-refractivity contribution in [3.8, 4) is 11.3 Å². The molecule has 0 bridgehead atoms. The van der Waals surface area contributed by atoms with Crippen molar-refractivity contribution in [2.75, 3.05) is 36.0 Å². The lowest BCUT2D eigenvalue weighted by atomic mass is 10.1. The van der Waals surface area contributed by atoms with Crippen molar-refractivity contribution in [2.24, 2.45) is 0 Å². The summed E-state index contributed by atoms with van der Waals surface area (Å²) in [6.07, 6.45) is 1.66. The smallest absolute Gasteiger partial charge is 0.151 e. The second-order valence-corrected chi connectivity index (χ2v) is 8.82. The molecule has 4 aromatic rings. The van der Waals surface area contributed by atoms with E-state index in [-0.39, 0.29) is 0 Å². The Morgan fingerprint density at radius 3 is 2.40 bits per heavy atom. The van der Waals surface area contributed by atoms with Crippen molar-refractivity contribution in [3.63, 3.8) is 0 Å². The number of fused-ring (bicyclic) bond motifs is 1. The first-order valence-electron chi connectivity index (χ1n) is 10.0. The average molecular weight is 436 g/mol. The van der Waals surface area contributed by atoms with E-state index in [1.54, 1.807) is 6.33 Å². The zero-order valence-corrected chi connectivity index (χ0v) is 18.5. The van der Waals surface area contributed by atoms with Crippen molar-refractivity contribution in [2.45, 2.75) is 13.8 Å². The SMILES string of the molecule is Cc1cccc(N2CCN(c3ncnc4c(-c5ccc(Cl)cc5)nsc34)CC2)c1C. The van der Waals surface area contributed by atoms with E-state index in [1.807, 2.05) is 24.3 Å². The second kappa shape index (κ2) is 7.85. The van der Waals surface area contributed by atoms with Crippen molar-refractivity contribution in [1.29, 1.82) is 0 Å². The van der Waals surface area contributed by atoms with E-state index in [0.717, 1.165) is 58.5 Å². The minimum atomic E-state index is 0.718. The molecule has 0 unspecified atom stereocenters. The summed E-state index contributed by atoms with van der Waals surface area (Å²) in [5.41, 5.74) is 6.87. The van der Waals surface area contributed by atoms with Crippen LogP contribution in [0.3, 0.4) is 0 Å². The third-order valence-electron chi connectivity index (χ3n) is 5.85. The molecule has 0 N–H and O–H groups in total. The maximum absolute atomic E-state index is 6.04. The Labute approximate surface area is 185 Å². The second-order valence-electron chi connectivity index (χ2n) is 7.61. The van der Waals surface area contributed by atoms with Crippen LogP contribution in [0, 0.1) is 13.8 Å². The molecule has 5 nitrogen and oxygen atoms in total. The van der Waals surface area contributed by atoms with Gasteiger partial charge in [-0.2, -0.15) is 4.37 Å². The largest absolute Gasteiger partial charge is 0.368 e. The number of anilines is 2. The first-order valence-corrected chi connectivity index (χ1v) is 11.2. The Hall–Kier alpha value is -2.70. The van der Waals surface area contributed by atoms with E-state index in [1.165, 1.54) is 28.3 Å². The summed E-state index contributed by atoms with van der Waals surface area (Å²) in [5.74, 6) is 0.985. The molecule has 1 saturated heterocycles. The lowest BCUT2D eigenvalue weighted by Gasteiger charge is -2.37. The van der Waals surface area contributed by atoms with E-state index in [2.05, 4.69) is 51.8 Å². The molecule has 2 aromatic carbocycles. The number of hydrogen-bond donors (Lipinski definition) is 0. The van der Waals surface area contributed by atoms with E-state index in [4.69, 9.17) is 16.0 Å². The van der Waals surface area contributed by atoms with E-state index in [9.17, 15) is 0 Å². The van der Waals surface area contributed by atoms with Crippen molar-refractivity contribution >= 4 is 44.9 Å². The van der Waals surface area contributed by atoms with E-state index >= 15 is 0 Å². The van der Waals surface area contributed by atoms with Crippen molar-refractivity contribution in [1.82, 2.24) is 14.3 Å². The number of hydrogen-bond acceptors (Lipinski definition) is 6. The fraction of sp³-hybridized carbons (Fsp3) is 0.261. The minimum Gasteiger partial charge on any atom is -0.368 e. The highest BCUT2D eigenvalue weighted by Gasteiger charge is 2.23. The Kier molecular flexibility index (Phi) is 5.05. The summed E-state index contributed by atoms with van der Waals surface area (Å²) in [5, 5.41) is 0.718. The van der Waals surface area contributed by atoms with Gasteiger partial charge in [-0.15, -0.1) is 0 Å². The molecule has 30 heavy (non-hydrogen) atoms. The standard InChI is InChI=1S/C23H22ClN5S/c1-15-4-3-5-19(16(15)2)28-10-12-29(13-11-28)23-22-21(25-14-26-23)20(27-30-22)17-6-8-18(24)9-7-17/h3-9,14H,10-13H2,1-2H3. The minimum absolute atomic E-state index is 0.718. The quantitative estimate of drug-likeness (QED) is 0.434. The van der Waals surface area contributed by atoms with Crippen molar-refractivity contribution in [3.05, 3.63) is 64.9 Å². The molecule has 7 heteroatoms. The van der Waals surface area contributed by atoms with Crippen LogP contribution in [0.25, 0.3) is 21.5 Å². The third-order valence-corrected chi connectivity index (χ3v) is 6.94. The van der Waals surface area contributed by atoms with Gasteiger partial charge in [0.15, 0.2) is 5.82 Å². The lowest BCUT2D eigenvalue weighted by molar-refractivity contribution is 0.648. The molecule has 0 radical (unpaired) electrons. The first kappa shape index (κ1) is 19.3. The molecule has 152 valence electrons. The molecule has 0 atom stereocenters. The van der Waals surface area contributed by atoms with E-state index < -0.39 is 0 Å². The van der Waals surface area contributed by atoms with Crippen LogP contribution < -0.4 is 9.80 Å². The number of nitrogens with zero attached hydrogens (tertiary/aromatic N) is 5. The van der Waals surface area contributed by atoms with Crippen LogP contribution in [-0.4, -0.2) is 40.5 Å². The fourth-order valence-electron chi connectivity index (χ4n) is 4.01. The highest BCUT2D eigenvalue weighted by Crippen LogP contribution is 2.35. The molecule has 0 spiro atoms. The molecule has 1 aliphatic rings. The molecule has 1 aliphatic heterocycles. The van der Waals surface area contributed by atoms with Crippen LogP contribution >= 0.6 is 23.1 Å². The van der Waals surface area contributed by atoms with Gasteiger partial charge in [-0.3, -0.25) is 0 Å². The van der Waals surface area contributed by atoms with Gasteiger partial charge in [0.05, 0.1) is 0 Å². The molecule has 2 aromatic heterocycles. The van der Waals surface area contributed by atoms with Crippen LogP contribution in [-0.2, 0) is 0 Å². The van der Waals surface area contributed by atoms with Crippen molar-refractivity contribution < 1.29 is 0 Å². The first-order chi connectivity index (χ1) is 14.6. The molecule has 1 fully saturated rings. The van der Waals surface area contributed by atoms with Gasteiger partial charge in [0.2, 0.25) is 0 Å². The summed E-state index contributed by atoms with van der Waals surface area (Å²) in [4.78, 5) is 14.0. The van der Waals surface area contributed by atoms with Gasteiger partial charge in [0, 0.05) is 42.5 Å². The Balaban J connectivity index is 1.41. The predicted molar refractivity (Wildman–Crippen MR) is 126 cm³/mol. The highest BCUT2D eigenvalue weighted by molar-refractivity contribution is 7.14. The number of rotatable bonds is 3. The summed E-state index contributed by atoms with van der Waals surface area (Å²) in [7, 11) is 0. The summed E-state index contributed by atoms with van der Waals surface area (Å²) >= 11 is 7.51. The number of piperazine rings is 1. The van der Waals surface area contributed by atoms with Crippen LogP contribution in [0.2, 0.25) is 5.02 Å². The number of halogens is 1. The lowest BCUT2D eigenvalue weighted by Crippen LogP contribution is -2.47. The Morgan fingerprint density at radius 2 is 1.63 bits per heavy atom. The van der Waals surface area contributed by atoms with Gasteiger partial charge in [-0.25, -0.2) is 9.97 Å². The van der Waals surface area contributed by atoms with Crippen LogP contribution in [0.15, 0.2) is 48.8 Å². The number of aryl methyl sites for hydroxylation is 1. The molecular formula is C23H22ClN5S. The third kappa shape index (κ3) is 3.40. The highest BCUT2D eigenvalue weighted by atomic mass is 35.5. The molecule has 0 aliphatic carbocycles. The molecular weight excluding hydrogens is 414 g/mol. The topological polar surface area (TPSA) is 45.2 Å². The van der Waals surface area contributed by atoms with Gasteiger partial charge < -0.3 is 9.80 Å². The molecule has 5 rings (SSSR count). The molecule has 0 saturated carbocycles. The molecule has 3 heterocycles. The Morgan fingerprint density at radius 1 is 0.900 bits per heavy atom. The maximum atomic E-state index is 6.04. The molecule has 0 amide bonds. The number of aromatic nitrogens is 3. The average Bonchev–Trinajstić information content (AvgIpc) is 3.21. The summed E-state index contributed by atoms with van der Waals surface area (Å²) in [6, 6.07) is 14.3. The van der Waals surface area contributed by atoms with Crippen LogP contribution in [0.4, 0.5) is 11.5 Å². The van der Waals surface area contributed by atoms with Gasteiger partial charge in [-0.1, -0.05) is 35.9 Å². The van der Waals surface area contributed by atoms with E-state index in [0.29, 0.717) is 0 Å².